The highest BCUT2D eigenvalue weighted by atomic mass is 16.6. The molecule has 0 saturated heterocycles. The van der Waals surface area contributed by atoms with Gasteiger partial charge >= 0.3 is 5.69 Å². The molecule has 0 atom stereocenters. The molecule has 0 unspecified atom stereocenters. The van der Waals surface area contributed by atoms with Crippen LogP contribution in [0.4, 0.5) is 17.1 Å². The zero-order chi connectivity index (χ0) is 15.7. The number of hydrazine groups is 1. The van der Waals surface area contributed by atoms with E-state index in [9.17, 15) is 14.9 Å². The third-order valence-electron chi connectivity index (χ3n) is 2.67. The SMILES string of the molecule is COCCNC(=O)CCNc1cccc(NN)c1[N+](=O)[O-]. The molecular formula is C12H19N5O4. The van der Waals surface area contributed by atoms with Crippen LogP contribution in [0.3, 0.4) is 0 Å². The van der Waals surface area contributed by atoms with Crippen LogP contribution in [-0.4, -0.2) is 37.6 Å². The van der Waals surface area contributed by atoms with Crippen molar-refractivity contribution in [3.05, 3.63) is 28.3 Å². The summed E-state index contributed by atoms with van der Waals surface area (Å²) in [7, 11) is 1.55. The van der Waals surface area contributed by atoms with E-state index in [1.165, 1.54) is 6.07 Å². The summed E-state index contributed by atoms with van der Waals surface area (Å²) >= 11 is 0. The summed E-state index contributed by atoms with van der Waals surface area (Å²) in [6.45, 7) is 1.14. The van der Waals surface area contributed by atoms with Gasteiger partial charge in [0.15, 0.2) is 0 Å². The number of nitrogens with one attached hydrogen (secondary N) is 3. The number of amides is 1. The molecule has 0 spiro atoms. The number of methoxy groups -OCH3 is 1. The Hall–Kier alpha value is -2.39. The average molecular weight is 297 g/mol. The Kier molecular flexibility index (Phi) is 6.92. The molecule has 0 aliphatic heterocycles. The van der Waals surface area contributed by atoms with Crippen molar-refractivity contribution >= 4 is 23.0 Å². The van der Waals surface area contributed by atoms with Crippen LogP contribution >= 0.6 is 0 Å². The molecule has 21 heavy (non-hydrogen) atoms. The highest BCUT2D eigenvalue weighted by Crippen LogP contribution is 2.31. The molecule has 9 nitrogen and oxygen atoms in total. The molecule has 0 aromatic heterocycles. The summed E-state index contributed by atoms with van der Waals surface area (Å²) in [5.41, 5.74) is 2.63. The zero-order valence-electron chi connectivity index (χ0n) is 11.7. The number of nitro groups is 1. The first-order valence-corrected chi connectivity index (χ1v) is 6.33. The first kappa shape index (κ1) is 16.7. The number of nitrogens with zero attached hydrogens (tertiary/aromatic N) is 1. The number of hydrogen-bond acceptors (Lipinski definition) is 7. The van der Waals surface area contributed by atoms with Gasteiger partial charge in [0.05, 0.1) is 11.5 Å². The molecule has 0 fully saturated rings. The van der Waals surface area contributed by atoms with Crippen LogP contribution in [0.15, 0.2) is 18.2 Å². The number of ether oxygens (including phenoxy) is 1. The summed E-state index contributed by atoms with van der Waals surface area (Å²) in [5.74, 6) is 5.09. The number of carbonyl (C=O) groups excluding carboxylic acids is 1. The normalized spacial score (nSPS) is 10.0. The van der Waals surface area contributed by atoms with Gasteiger partial charge in [0.25, 0.3) is 0 Å². The summed E-state index contributed by atoms with van der Waals surface area (Å²) < 4.78 is 4.81. The maximum atomic E-state index is 11.5. The third kappa shape index (κ3) is 5.24. The fourth-order valence-electron chi connectivity index (χ4n) is 1.69. The van der Waals surface area contributed by atoms with Crippen LogP contribution in [-0.2, 0) is 9.53 Å². The van der Waals surface area contributed by atoms with Crippen LogP contribution in [0.5, 0.6) is 0 Å². The van der Waals surface area contributed by atoms with E-state index in [0.717, 1.165) is 0 Å². The Morgan fingerprint density at radius 2 is 2.10 bits per heavy atom. The number of nitrogen functional groups attached to an aromatic ring is 1. The van der Waals surface area contributed by atoms with E-state index in [0.29, 0.717) is 18.8 Å². The molecule has 1 aromatic rings. The second kappa shape index (κ2) is 8.72. The maximum Gasteiger partial charge on any atom is 0.316 e. The molecule has 0 aliphatic rings. The van der Waals surface area contributed by atoms with Gasteiger partial charge in [-0.15, -0.1) is 0 Å². The monoisotopic (exact) mass is 297 g/mol. The second-order valence-corrected chi connectivity index (χ2v) is 4.12. The maximum absolute atomic E-state index is 11.5. The van der Waals surface area contributed by atoms with Crippen molar-refractivity contribution in [3.63, 3.8) is 0 Å². The van der Waals surface area contributed by atoms with E-state index < -0.39 is 4.92 Å². The zero-order valence-corrected chi connectivity index (χ0v) is 11.7. The van der Waals surface area contributed by atoms with E-state index in [-0.39, 0.29) is 30.2 Å². The predicted octanol–water partition coefficient (Wildman–Crippen LogP) is 0.445. The number of nitrogens with two attached hydrogens (primary N) is 1. The highest BCUT2D eigenvalue weighted by molar-refractivity contribution is 5.78. The van der Waals surface area contributed by atoms with Crippen molar-refractivity contribution in [1.82, 2.24) is 5.32 Å². The van der Waals surface area contributed by atoms with Gasteiger partial charge < -0.3 is 20.8 Å². The van der Waals surface area contributed by atoms with E-state index in [1.54, 1.807) is 19.2 Å². The lowest BCUT2D eigenvalue weighted by Gasteiger charge is -2.10. The smallest absolute Gasteiger partial charge is 0.316 e. The Morgan fingerprint density at radius 1 is 1.38 bits per heavy atom. The van der Waals surface area contributed by atoms with Gasteiger partial charge in [0.1, 0.15) is 11.4 Å². The molecule has 1 rings (SSSR count). The first-order chi connectivity index (χ1) is 10.1. The van der Waals surface area contributed by atoms with Gasteiger partial charge in [-0.1, -0.05) is 6.07 Å². The Bertz CT molecular complexity index is 495. The largest absolute Gasteiger partial charge is 0.383 e. The quantitative estimate of drug-likeness (QED) is 0.225. The lowest BCUT2D eigenvalue weighted by molar-refractivity contribution is -0.383. The molecule has 1 amide bonds. The molecule has 0 heterocycles. The molecule has 0 saturated carbocycles. The number of rotatable bonds is 9. The van der Waals surface area contributed by atoms with Gasteiger partial charge in [0.2, 0.25) is 5.91 Å². The van der Waals surface area contributed by atoms with Crippen molar-refractivity contribution in [3.8, 4) is 0 Å². The summed E-state index contributed by atoms with van der Waals surface area (Å²) in [6.07, 6.45) is 0.196. The molecule has 9 heteroatoms. The molecule has 0 bridgehead atoms. The first-order valence-electron chi connectivity index (χ1n) is 6.33. The van der Waals surface area contributed by atoms with Crippen molar-refractivity contribution in [1.29, 1.82) is 0 Å². The van der Waals surface area contributed by atoms with E-state index in [1.807, 2.05) is 0 Å². The van der Waals surface area contributed by atoms with Crippen LogP contribution < -0.4 is 21.9 Å². The molecule has 0 aliphatic carbocycles. The summed E-state index contributed by atoms with van der Waals surface area (Å²) in [5, 5.41) is 16.6. The van der Waals surface area contributed by atoms with Gasteiger partial charge in [-0.2, -0.15) is 0 Å². The predicted molar refractivity (Wildman–Crippen MR) is 78.9 cm³/mol. The van der Waals surface area contributed by atoms with Gasteiger partial charge in [0, 0.05) is 26.6 Å². The highest BCUT2D eigenvalue weighted by Gasteiger charge is 2.18. The Morgan fingerprint density at radius 3 is 2.71 bits per heavy atom. The minimum atomic E-state index is -0.532. The molecule has 5 N–H and O–H groups in total. The second-order valence-electron chi connectivity index (χ2n) is 4.12. The number of anilines is 2. The van der Waals surface area contributed by atoms with Crippen molar-refractivity contribution < 1.29 is 14.5 Å². The fourth-order valence-corrected chi connectivity index (χ4v) is 1.69. The molecule has 116 valence electrons. The van der Waals surface area contributed by atoms with Crippen LogP contribution in [0.1, 0.15) is 6.42 Å². The lowest BCUT2D eigenvalue weighted by atomic mass is 10.2. The van der Waals surface area contributed by atoms with Crippen LogP contribution in [0.2, 0.25) is 0 Å². The third-order valence-corrected chi connectivity index (χ3v) is 2.67. The van der Waals surface area contributed by atoms with E-state index in [4.69, 9.17) is 10.6 Å². The molecule has 0 radical (unpaired) electrons. The minimum absolute atomic E-state index is 0.153. The standard InChI is InChI=1S/C12H19N5O4/c1-21-8-7-15-11(18)5-6-14-9-3-2-4-10(16-13)12(9)17(19)20/h2-4,14,16H,5-8,13H2,1H3,(H,15,18). The average Bonchev–Trinajstić information content (AvgIpc) is 2.47. The van der Waals surface area contributed by atoms with Gasteiger partial charge in [-0.3, -0.25) is 20.8 Å². The summed E-state index contributed by atoms with van der Waals surface area (Å²) in [4.78, 5) is 22.0. The van der Waals surface area contributed by atoms with E-state index in [2.05, 4.69) is 16.1 Å². The Labute approximate surface area is 122 Å². The van der Waals surface area contributed by atoms with Crippen molar-refractivity contribution in [2.75, 3.05) is 37.5 Å². The van der Waals surface area contributed by atoms with Crippen LogP contribution in [0.25, 0.3) is 0 Å². The Balaban J connectivity index is 2.56. The van der Waals surface area contributed by atoms with Crippen LogP contribution in [0, 0.1) is 10.1 Å². The lowest BCUT2D eigenvalue weighted by Crippen LogP contribution is -2.28. The number of hydrogen-bond donors (Lipinski definition) is 4. The van der Waals surface area contributed by atoms with Crippen molar-refractivity contribution in [2.24, 2.45) is 5.84 Å². The number of benzene rings is 1. The molecule has 1 aromatic carbocycles. The number of para-hydroxylation sites is 1. The minimum Gasteiger partial charge on any atom is -0.383 e. The topological polar surface area (TPSA) is 132 Å². The van der Waals surface area contributed by atoms with Crippen molar-refractivity contribution in [2.45, 2.75) is 6.42 Å². The summed E-state index contributed by atoms with van der Waals surface area (Å²) in [6, 6.07) is 4.69. The number of carbonyl (C=O) groups is 1. The van der Waals surface area contributed by atoms with E-state index >= 15 is 0 Å². The number of nitro benzene ring substituents is 1. The van der Waals surface area contributed by atoms with Gasteiger partial charge in [-0.05, 0) is 12.1 Å². The molecular weight excluding hydrogens is 278 g/mol. The fraction of sp³-hybridized carbons (Fsp3) is 0.417. The van der Waals surface area contributed by atoms with Gasteiger partial charge in [-0.25, -0.2) is 0 Å².